The van der Waals surface area contributed by atoms with Crippen LogP contribution < -0.4 is 5.73 Å². The molecule has 0 amide bonds. The number of nitrogens with two attached hydrogens (primary N) is 1. The van der Waals surface area contributed by atoms with Crippen molar-refractivity contribution in [3.05, 3.63) is 0 Å². The Morgan fingerprint density at radius 2 is 2.43 bits per heavy atom. The smallest absolute Gasteiger partial charge is 0.139 e. The van der Waals surface area contributed by atoms with Crippen LogP contribution in [0.5, 0.6) is 0 Å². The summed E-state index contributed by atoms with van der Waals surface area (Å²) in [7, 11) is 0. The predicted octanol–water partition coefficient (Wildman–Crippen LogP) is 0.0527. The van der Waals surface area contributed by atoms with Crippen LogP contribution in [0.4, 0.5) is 0 Å². The summed E-state index contributed by atoms with van der Waals surface area (Å²) in [5.41, 5.74) is 5.03. The van der Waals surface area contributed by atoms with E-state index in [0.29, 0.717) is 12.2 Å². The molecule has 3 nitrogen and oxygen atoms in total. The molecule has 0 aliphatic heterocycles. The van der Waals surface area contributed by atoms with Gasteiger partial charge < -0.3 is 10.9 Å². The molecule has 4 heteroatoms. The Hall–Kier alpha value is -0.380. The Balaban J connectivity index is 3.17. The average molecular weight is 120 g/mol. The highest BCUT2D eigenvalue weighted by molar-refractivity contribution is 7.80. The number of nitrogens with zero attached hydrogens (tertiary/aromatic N) is 1. The van der Waals surface area contributed by atoms with E-state index in [1.165, 1.54) is 0 Å². The van der Waals surface area contributed by atoms with Gasteiger partial charge in [-0.2, -0.15) is 12.6 Å². The van der Waals surface area contributed by atoms with Crippen LogP contribution in [0.3, 0.4) is 0 Å². The van der Waals surface area contributed by atoms with Crippen molar-refractivity contribution in [3.8, 4) is 0 Å². The van der Waals surface area contributed by atoms with E-state index in [2.05, 4.69) is 17.8 Å². The lowest BCUT2D eigenvalue weighted by Crippen LogP contribution is -2.11. The molecule has 0 unspecified atom stereocenters. The maximum Gasteiger partial charge on any atom is 0.139 e. The van der Waals surface area contributed by atoms with E-state index in [0.717, 1.165) is 0 Å². The number of oxime groups is 1. The highest BCUT2D eigenvalue weighted by Gasteiger charge is 1.85. The van der Waals surface area contributed by atoms with Gasteiger partial charge in [0.1, 0.15) is 5.84 Å². The molecule has 3 N–H and O–H groups in total. The minimum Gasteiger partial charge on any atom is -0.409 e. The van der Waals surface area contributed by atoms with Crippen LogP contribution in [0.2, 0.25) is 0 Å². The largest absolute Gasteiger partial charge is 0.409 e. The molecule has 0 saturated heterocycles. The van der Waals surface area contributed by atoms with Crippen molar-refractivity contribution in [2.75, 3.05) is 5.75 Å². The van der Waals surface area contributed by atoms with Crippen LogP contribution >= 0.6 is 12.6 Å². The molecule has 0 radical (unpaired) electrons. The summed E-state index contributed by atoms with van der Waals surface area (Å²) in [6.07, 6.45) is 0.541. The van der Waals surface area contributed by atoms with Gasteiger partial charge in [0.15, 0.2) is 0 Å². The van der Waals surface area contributed by atoms with Crippen LogP contribution in [0.1, 0.15) is 6.42 Å². The molecule has 0 rings (SSSR count). The lowest BCUT2D eigenvalue weighted by molar-refractivity contribution is 0.317. The first-order valence-corrected chi connectivity index (χ1v) is 2.51. The summed E-state index contributed by atoms with van der Waals surface area (Å²) in [4.78, 5) is 0. The van der Waals surface area contributed by atoms with Crippen molar-refractivity contribution in [1.29, 1.82) is 0 Å². The minimum absolute atomic E-state index is 0.231. The maximum atomic E-state index is 7.89. The lowest BCUT2D eigenvalue weighted by Gasteiger charge is -1.87. The van der Waals surface area contributed by atoms with Crippen molar-refractivity contribution in [2.45, 2.75) is 6.42 Å². The zero-order valence-electron chi connectivity index (χ0n) is 3.83. The third-order valence-electron chi connectivity index (χ3n) is 0.496. The van der Waals surface area contributed by atoms with Crippen molar-refractivity contribution < 1.29 is 5.21 Å². The van der Waals surface area contributed by atoms with E-state index in [1.807, 2.05) is 0 Å². The monoisotopic (exact) mass is 120 g/mol. The first-order chi connectivity index (χ1) is 3.31. The zero-order chi connectivity index (χ0) is 5.70. The predicted molar refractivity (Wildman–Crippen MR) is 31.9 cm³/mol. The Morgan fingerprint density at radius 3 is 2.57 bits per heavy atom. The highest BCUT2D eigenvalue weighted by Crippen LogP contribution is 1.80. The molecule has 0 aromatic carbocycles. The number of hydrogen-bond donors (Lipinski definition) is 3. The van der Waals surface area contributed by atoms with Gasteiger partial charge in [-0.3, -0.25) is 0 Å². The first-order valence-electron chi connectivity index (χ1n) is 1.88. The number of rotatable bonds is 2. The molecule has 42 valence electrons. The third-order valence-corrected chi connectivity index (χ3v) is 0.720. The van der Waals surface area contributed by atoms with E-state index in [1.54, 1.807) is 0 Å². The molecule has 0 heterocycles. The van der Waals surface area contributed by atoms with E-state index in [9.17, 15) is 0 Å². The van der Waals surface area contributed by atoms with E-state index in [4.69, 9.17) is 10.9 Å². The average Bonchev–Trinajstić information content (AvgIpc) is 1.68. The Morgan fingerprint density at radius 1 is 1.86 bits per heavy atom. The van der Waals surface area contributed by atoms with Gasteiger partial charge in [-0.25, -0.2) is 0 Å². The van der Waals surface area contributed by atoms with Gasteiger partial charge in [0, 0.05) is 6.42 Å². The summed E-state index contributed by atoms with van der Waals surface area (Å²) in [6.45, 7) is 0. The van der Waals surface area contributed by atoms with Crippen molar-refractivity contribution in [1.82, 2.24) is 0 Å². The first kappa shape index (κ1) is 6.62. The van der Waals surface area contributed by atoms with Gasteiger partial charge in [-0.1, -0.05) is 5.16 Å². The molecule has 0 bridgehead atoms. The second kappa shape index (κ2) is 3.80. The van der Waals surface area contributed by atoms with Gasteiger partial charge in [0.05, 0.1) is 0 Å². The summed E-state index contributed by atoms with van der Waals surface area (Å²) in [5, 5.41) is 10.6. The fourth-order valence-corrected chi connectivity index (χ4v) is 0.394. The van der Waals surface area contributed by atoms with Crippen LogP contribution in [0, 0.1) is 0 Å². The maximum absolute atomic E-state index is 7.89. The van der Waals surface area contributed by atoms with Crippen LogP contribution in [0.15, 0.2) is 5.16 Å². The molecular weight excluding hydrogens is 112 g/mol. The van der Waals surface area contributed by atoms with E-state index >= 15 is 0 Å². The fourth-order valence-electron chi connectivity index (χ4n) is 0.165. The number of amidine groups is 1. The molecule has 0 saturated carbocycles. The SMILES string of the molecule is NC(CCS)=NO. The van der Waals surface area contributed by atoms with Crippen molar-refractivity contribution in [2.24, 2.45) is 10.9 Å². The summed E-state index contributed by atoms with van der Waals surface area (Å²) < 4.78 is 0. The molecule has 0 fully saturated rings. The second-order valence-electron chi connectivity index (χ2n) is 1.06. The number of thiol groups is 1. The Kier molecular flexibility index (Phi) is 3.59. The topological polar surface area (TPSA) is 58.6 Å². The molecule has 0 aliphatic carbocycles. The van der Waals surface area contributed by atoms with Gasteiger partial charge in [0.25, 0.3) is 0 Å². The molecular formula is C3H8N2OS. The lowest BCUT2D eigenvalue weighted by atomic mass is 10.5. The van der Waals surface area contributed by atoms with Crippen LogP contribution in [0.25, 0.3) is 0 Å². The third kappa shape index (κ3) is 3.45. The second-order valence-corrected chi connectivity index (χ2v) is 1.51. The normalized spacial score (nSPS) is 11.9. The highest BCUT2D eigenvalue weighted by atomic mass is 32.1. The summed E-state index contributed by atoms with van der Waals surface area (Å²) in [5.74, 6) is 0.852. The fraction of sp³-hybridized carbons (Fsp3) is 0.667. The molecule has 7 heavy (non-hydrogen) atoms. The Bertz CT molecular complexity index is 73.3. The molecule has 0 aromatic rings. The van der Waals surface area contributed by atoms with Gasteiger partial charge in [-0.05, 0) is 5.75 Å². The van der Waals surface area contributed by atoms with Crippen LogP contribution in [-0.4, -0.2) is 16.8 Å². The van der Waals surface area contributed by atoms with E-state index in [-0.39, 0.29) is 5.84 Å². The Labute approximate surface area is 47.6 Å². The van der Waals surface area contributed by atoms with Gasteiger partial charge >= 0.3 is 0 Å². The standard InChI is InChI=1S/C3H8N2OS/c4-3(5-6)1-2-7/h6-7H,1-2H2,(H2,4,5). The van der Waals surface area contributed by atoms with Crippen molar-refractivity contribution >= 4 is 18.5 Å². The molecule has 0 spiro atoms. The van der Waals surface area contributed by atoms with E-state index < -0.39 is 0 Å². The van der Waals surface area contributed by atoms with Gasteiger partial charge in [-0.15, -0.1) is 0 Å². The van der Waals surface area contributed by atoms with Crippen molar-refractivity contribution in [3.63, 3.8) is 0 Å². The summed E-state index contributed by atoms with van der Waals surface area (Å²) >= 11 is 3.84. The van der Waals surface area contributed by atoms with Crippen LogP contribution in [-0.2, 0) is 0 Å². The summed E-state index contributed by atoms with van der Waals surface area (Å²) in [6, 6.07) is 0. The minimum atomic E-state index is 0.231. The molecule has 0 atom stereocenters. The number of hydrogen-bond acceptors (Lipinski definition) is 3. The molecule has 0 aliphatic rings. The molecule has 0 aromatic heterocycles. The quantitative estimate of drug-likeness (QED) is 0.158. The zero-order valence-corrected chi connectivity index (χ0v) is 4.73. The van der Waals surface area contributed by atoms with Gasteiger partial charge in [0.2, 0.25) is 0 Å².